The van der Waals surface area contributed by atoms with E-state index in [-0.39, 0.29) is 0 Å². The van der Waals surface area contributed by atoms with Crippen molar-refractivity contribution in [2.45, 2.75) is 25.3 Å². The van der Waals surface area contributed by atoms with Crippen LogP contribution in [0.4, 0.5) is 11.4 Å². The van der Waals surface area contributed by atoms with Gasteiger partial charge in [0.05, 0.1) is 17.2 Å². The maximum absolute atomic E-state index is 6.03. The number of nitrogen functional groups attached to an aromatic ring is 1. The number of para-hydroxylation sites is 1. The number of benzene rings is 1. The molecule has 0 bridgehead atoms. The number of hydrogen-bond donors (Lipinski definition) is 2. The molecular formula is C17H17N3S. The molecule has 1 aromatic carbocycles. The van der Waals surface area contributed by atoms with E-state index in [1.165, 1.54) is 29.7 Å². The highest BCUT2D eigenvalue weighted by Gasteiger charge is 2.21. The molecule has 21 heavy (non-hydrogen) atoms. The summed E-state index contributed by atoms with van der Waals surface area (Å²) in [4.78, 5) is 5.93. The van der Waals surface area contributed by atoms with E-state index >= 15 is 0 Å². The normalized spacial score (nSPS) is 17.6. The van der Waals surface area contributed by atoms with Crippen molar-refractivity contribution >= 4 is 33.6 Å². The van der Waals surface area contributed by atoms with Crippen molar-refractivity contribution in [1.82, 2.24) is 4.98 Å². The minimum atomic E-state index is 0.395. The van der Waals surface area contributed by atoms with E-state index in [1.54, 1.807) is 0 Å². The number of nitrogens with zero attached hydrogens (tertiary/aromatic N) is 1. The third-order valence-electron chi connectivity index (χ3n) is 4.18. The molecule has 0 saturated carbocycles. The molecule has 0 aliphatic heterocycles. The Labute approximate surface area is 127 Å². The number of hydrogen-bond acceptors (Lipinski definition) is 4. The van der Waals surface area contributed by atoms with E-state index in [0.29, 0.717) is 6.04 Å². The van der Waals surface area contributed by atoms with Gasteiger partial charge < -0.3 is 11.1 Å². The summed E-state index contributed by atoms with van der Waals surface area (Å²) in [5, 5.41) is 7.00. The number of fused-ring (bicyclic) bond motifs is 2. The number of aryl methyl sites for hydroxylation is 1. The Morgan fingerprint density at radius 2 is 2.19 bits per heavy atom. The average Bonchev–Trinajstić information content (AvgIpc) is 2.98. The maximum atomic E-state index is 6.03. The molecule has 0 spiro atoms. The highest BCUT2D eigenvalue weighted by molar-refractivity contribution is 7.10. The van der Waals surface area contributed by atoms with E-state index in [2.05, 4.69) is 27.8 Å². The fourth-order valence-electron chi connectivity index (χ4n) is 3.15. The summed E-state index contributed by atoms with van der Waals surface area (Å²) < 4.78 is 0. The number of pyridine rings is 1. The Bertz CT molecular complexity index is 794. The molecular weight excluding hydrogens is 278 g/mol. The zero-order chi connectivity index (χ0) is 14.2. The first kappa shape index (κ1) is 12.7. The van der Waals surface area contributed by atoms with Crippen molar-refractivity contribution in [2.24, 2.45) is 0 Å². The molecule has 3 nitrogen and oxygen atoms in total. The molecule has 0 saturated heterocycles. The standard InChI is InChI=1S/C17H17N3S/c18-13-4-1-3-12-15(7-9-19-17(12)13)20-14-5-2-6-16-11(14)8-10-21-16/h1,3-4,7-10,14H,2,5-6,18H2,(H,19,20). The third-order valence-corrected chi connectivity index (χ3v) is 5.18. The van der Waals surface area contributed by atoms with Crippen LogP contribution in [-0.2, 0) is 6.42 Å². The summed E-state index contributed by atoms with van der Waals surface area (Å²) in [6.45, 7) is 0. The first-order valence-electron chi connectivity index (χ1n) is 7.29. The van der Waals surface area contributed by atoms with Crippen LogP contribution < -0.4 is 11.1 Å². The first-order chi connectivity index (χ1) is 10.3. The van der Waals surface area contributed by atoms with Crippen molar-refractivity contribution in [3.63, 3.8) is 0 Å². The van der Waals surface area contributed by atoms with E-state index in [4.69, 9.17) is 5.73 Å². The molecule has 1 aliphatic carbocycles. The van der Waals surface area contributed by atoms with Gasteiger partial charge in [0.25, 0.3) is 0 Å². The Morgan fingerprint density at radius 1 is 1.24 bits per heavy atom. The van der Waals surface area contributed by atoms with Gasteiger partial charge in [-0.15, -0.1) is 11.3 Å². The number of thiophene rings is 1. The molecule has 0 amide bonds. The zero-order valence-corrected chi connectivity index (χ0v) is 12.5. The second-order valence-corrected chi connectivity index (χ2v) is 6.49. The van der Waals surface area contributed by atoms with Gasteiger partial charge in [-0.1, -0.05) is 12.1 Å². The van der Waals surface area contributed by atoms with Gasteiger partial charge in [-0.2, -0.15) is 0 Å². The molecule has 4 rings (SSSR count). The average molecular weight is 295 g/mol. The van der Waals surface area contributed by atoms with Crippen molar-refractivity contribution in [3.05, 3.63) is 52.3 Å². The lowest BCUT2D eigenvalue weighted by molar-refractivity contribution is 0.609. The van der Waals surface area contributed by atoms with Crippen LogP contribution in [0.15, 0.2) is 41.9 Å². The molecule has 4 heteroatoms. The number of anilines is 2. The summed E-state index contributed by atoms with van der Waals surface area (Å²) in [6.07, 6.45) is 5.47. The molecule has 106 valence electrons. The molecule has 0 radical (unpaired) electrons. The van der Waals surface area contributed by atoms with Gasteiger partial charge in [-0.05, 0) is 48.4 Å². The molecule has 1 unspecified atom stereocenters. The van der Waals surface area contributed by atoms with Crippen LogP contribution in [0, 0.1) is 0 Å². The van der Waals surface area contributed by atoms with Crippen molar-refractivity contribution in [2.75, 3.05) is 11.1 Å². The topological polar surface area (TPSA) is 50.9 Å². The molecule has 0 fully saturated rings. The van der Waals surface area contributed by atoms with Gasteiger partial charge in [0.15, 0.2) is 0 Å². The molecule has 3 N–H and O–H groups in total. The Morgan fingerprint density at radius 3 is 3.14 bits per heavy atom. The third kappa shape index (κ3) is 2.16. The lowest BCUT2D eigenvalue weighted by Gasteiger charge is -2.25. The maximum Gasteiger partial charge on any atom is 0.0951 e. The predicted molar refractivity (Wildman–Crippen MR) is 89.8 cm³/mol. The number of aromatic nitrogens is 1. The molecule has 1 atom stereocenters. The van der Waals surface area contributed by atoms with E-state index < -0.39 is 0 Å². The van der Waals surface area contributed by atoms with Crippen LogP contribution in [0.2, 0.25) is 0 Å². The Hall–Kier alpha value is -2.07. The van der Waals surface area contributed by atoms with Crippen molar-refractivity contribution in [3.8, 4) is 0 Å². The van der Waals surface area contributed by atoms with E-state index in [0.717, 1.165) is 22.3 Å². The quantitative estimate of drug-likeness (QED) is 0.690. The molecule has 3 aromatic rings. The van der Waals surface area contributed by atoms with Crippen molar-refractivity contribution in [1.29, 1.82) is 0 Å². The minimum absolute atomic E-state index is 0.395. The molecule has 2 heterocycles. The fraction of sp³-hybridized carbons (Fsp3) is 0.235. The lowest BCUT2D eigenvalue weighted by atomic mass is 9.93. The van der Waals surface area contributed by atoms with Crippen molar-refractivity contribution < 1.29 is 0 Å². The Balaban J connectivity index is 1.75. The minimum Gasteiger partial charge on any atom is -0.397 e. The van der Waals surface area contributed by atoms with Crippen LogP contribution in [-0.4, -0.2) is 4.98 Å². The first-order valence-corrected chi connectivity index (χ1v) is 8.17. The second kappa shape index (κ2) is 5.04. The van der Waals surface area contributed by atoms with Crippen LogP contribution in [0.1, 0.15) is 29.3 Å². The summed E-state index contributed by atoms with van der Waals surface area (Å²) in [5.41, 5.74) is 10.2. The smallest absolute Gasteiger partial charge is 0.0951 e. The highest BCUT2D eigenvalue weighted by Crippen LogP contribution is 2.37. The van der Waals surface area contributed by atoms with Gasteiger partial charge in [0.2, 0.25) is 0 Å². The SMILES string of the molecule is Nc1cccc2c(NC3CCCc4sccc43)ccnc12. The van der Waals surface area contributed by atoms with Crippen LogP contribution in [0.5, 0.6) is 0 Å². The number of rotatable bonds is 2. The largest absolute Gasteiger partial charge is 0.397 e. The predicted octanol–water partition coefficient (Wildman–Crippen LogP) is 4.37. The highest BCUT2D eigenvalue weighted by atomic mass is 32.1. The second-order valence-electron chi connectivity index (χ2n) is 5.49. The Kier molecular flexibility index (Phi) is 3.04. The lowest BCUT2D eigenvalue weighted by Crippen LogP contribution is -2.15. The number of nitrogens with one attached hydrogen (secondary N) is 1. The monoisotopic (exact) mass is 295 g/mol. The van der Waals surface area contributed by atoms with E-state index in [1.807, 2.05) is 35.7 Å². The zero-order valence-electron chi connectivity index (χ0n) is 11.7. The summed E-state index contributed by atoms with van der Waals surface area (Å²) in [6, 6.07) is 10.7. The van der Waals surface area contributed by atoms with Gasteiger partial charge in [0, 0.05) is 22.1 Å². The summed E-state index contributed by atoms with van der Waals surface area (Å²) >= 11 is 1.87. The summed E-state index contributed by atoms with van der Waals surface area (Å²) in [5.74, 6) is 0. The van der Waals surface area contributed by atoms with Gasteiger partial charge in [0.1, 0.15) is 0 Å². The van der Waals surface area contributed by atoms with Gasteiger partial charge in [-0.25, -0.2) is 0 Å². The fourth-order valence-corrected chi connectivity index (χ4v) is 4.14. The van der Waals surface area contributed by atoms with E-state index in [9.17, 15) is 0 Å². The van der Waals surface area contributed by atoms with Crippen LogP contribution >= 0.6 is 11.3 Å². The van der Waals surface area contributed by atoms with Crippen LogP contribution in [0.25, 0.3) is 10.9 Å². The van der Waals surface area contributed by atoms with Crippen LogP contribution in [0.3, 0.4) is 0 Å². The molecule has 2 aromatic heterocycles. The number of nitrogens with two attached hydrogens (primary N) is 1. The van der Waals surface area contributed by atoms with Gasteiger partial charge in [-0.3, -0.25) is 4.98 Å². The summed E-state index contributed by atoms with van der Waals surface area (Å²) in [7, 11) is 0. The molecule has 1 aliphatic rings. The van der Waals surface area contributed by atoms with Gasteiger partial charge >= 0.3 is 0 Å².